The summed E-state index contributed by atoms with van der Waals surface area (Å²) >= 11 is 0. The van der Waals surface area contributed by atoms with Crippen molar-refractivity contribution in [3.63, 3.8) is 0 Å². The first-order chi connectivity index (χ1) is 9.88. The van der Waals surface area contributed by atoms with Gasteiger partial charge < -0.3 is 19.9 Å². The Morgan fingerprint density at radius 1 is 1.57 bits per heavy atom. The smallest absolute Gasteiger partial charge is 0.408 e. The van der Waals surface area contributed by atoms with Gasteiger partial charge in [0.15, 0.2) is 6.04 Å². The van der Waals surface area contributed by atoms with E-state index in [0.29, 0.717) is 0 Å². The highest BCUT2D eigenvalue weighted by Gasteiger charge is 2.37. The van der Waals surface area contributed by atoms with E-state index in [-0.39, 0.29) is 17.0 Å². The Kier molecular flexibility index (Phi) is 3.92. The summed E-state index contributed by atoms with van der Waals surface area (Å²) in [7, 11) is 0. The number of nitrogens with one attached hydrogen (secondary N) is 1. The molecule has 2 rings (SSSR count). The Morgan fingerprint density at radius 2 is 2.29 bits per heavy atom. The van der Waals surface area contributed by atoms with Gasteiger partial charge in [0.05, 0.1) is 10.5 Å². The molecule has 9 heteroatoms. The fraction of sp³-hybridized carbons (Fsp3) is 0.333. The molecule has 1 aromatic rings. The molecule has 1 saturated heterocycles. The number of nitrogens with zero attached hydrogens (tertiary/aromatic N) is 1. The zero-order valence-electron chi connectivity index (χ0n) is 10.9. The highest BCUT2D eigenvalue weighted by Crippen LogP contribution is 2.24. The number of phenolic OH excluding ortho intramolecular Hbond substituents is 1. The van der Waals surface area contributed by atoms with E-state index in [1.807, 2.05) is 0 Å². The molecule has 0 radical (unpaired) electrons. The Labute approximate surface area is 118 Å². The summed E-state index contributed by atoms with van der Waals surface area (Å²) in [6.45, 7) is 1.11. The van der Waals surface area contributed by atoms with Gasteiger partial charge in [-0.25, -0.2) is 9.59 Å². The number of alkyl carbamates (subject to hydrolysis) is 1. The molecule has 1 aromatic carbocycles. The normalized spacial score (nSPS) is 20.5. The number of phenols is 1. The third-order valence-electron chi connectivity index (χ3n) is 2.92. The lowest BCUT2D eigenvalue weighted by Gasteiger charge is -2.12. The van der Waals surface area contributed by atoms with Gasteiger partial charge >= 0.3 is 12.1 Å². The third kappa shape index (κ3) is 3.19. The first-order valence-corrected chi connectivity index (χ1v) is 5.98. The van der Waals surface area contributed by atoms with Gasteiger partial charge in [-0.05, 0) is 19.1 Å². The zero-order chi connectivity index (χ0) is 15.6. The van der Waals surface area contributed by atoms with Gasteiger partial charge in [-0.1, -0.05) is 0 Å². The van der Waals surface area contributed by atoms with Crippen LogP contribution in [-0.4, -0.2) is 34.2 Å². The van der Waals surface area contributed by atoms with Crippen molar-refractivity contribution in [1.29, 1.82) is 0 Å². The molecule has 1 fully saturated rings. The van der Waals surface area contributed by atoms with Crippen LogP contribution in [0.3, 0.4) is 0 Å². The largest absolute Gasteiger partial charge is 0.508 e. The summed E-state index contributed by atoms with van der Waals surface area (Å²) in [5, 5.41) is 22.4. The maximum atomic E-state index is 11.8. The number of nitro groups is 1. The highest BCUT2D eigenvalue weighted by molar-refractivity contribution is 5.84. The van der Waals surface area contributed by atoms with Crippen LogP contribution >= 0.6 is 0 Å². The van der Waals surface area contributed by atoms with Crippen LogP contribution in [0.15, 0.2) is 18.2 Å². The Hall–Kier alpha value is -2.84. The van der Waals surface area contributed by atoms with E-state index in [1.165, 1.54) is 6.92 Å². The first-order valence-electron chi connectivity index (χ1n) is 5.98. The van der Waals surface area contributed by atoms with Crippen LogP contribution in [0.25, 0.3) is 0 Å². The molecule has 1 aliphatic rings. The minimum absolute atomic E-state index is 0.0474. The topological polar surface area (TPSA) is 128 Å². The van der Waals surface area contributed by atoms with E-state index in [4.69, 9.17) is 9.47 Å². The van der Waals surface area contributed by atoms with Crippen molar-refractivity contribution in [2.45, 2.75) is 25.7 Å². The van der Waals surface area contributed by atoms with Crippen molar-refractivity contribution < 1.29 is 29.1 Å². The zero-order valence-corrected chi connectivity index (χ0v) is 10.9. The number of hydrogen-bond donors (Lipinski definition) is 2. The molecule has 1 aliphatic heterocycles. The van der Waals surface area contributed by atoms with E-state index >= 15 is 0 Å². The van der Waals surface area contributed by atoms with E-state index in [9.17, 15) is 24.8 Å². The average Bonchev–Trinajstić information content (AvgIpc) is 2.74. The molecule has 2 N–H and O–H groups in total. The number of aromatic hydroxyl groups is 1. The molecular weight excluding hydrogens is 284 g/mol. The number of amides is 1. The number of nitro benzene ring substituents is 1. The van der Waals surface area contributed by atoms with E-state index in [1.54, 1.807) is 0 Å². The second kappa shape index (κ2) is 5.65. The number of carbonyl (C=O) groups excluding carboxylic acids is 2. The number of ether oxygens (including phenoxy) is 2. The van der Waals surface area contributed by atoms with Crippen LogP contribution in [0, 0.1) is 10.1 Å². The molecule has 112 valence electrons. The maximum absolute atomic E-state index is 11.8. The second-order valence-electron chi connectivity index (χ2n) is 4.41. The predicted octanol–water partition coefficient (Wildman–Crippen LogP) is 0.840. The average molecular weight is 296 g/mol. The standard InChI is InChI=1S/C12H12N2O7/c1-6-10(13-12(17)21-6)11(16)20-5-7-4-8(15)2-3-9(7)14(18)19/h2-4,6,10,15H,5H2,1H3,(H,13,17). The lowest BCUT2D eigenvalue weighted by atomic mass is 10.1. The first kappa shape index (κ1) is 14.6. The number of hydrogen-bond acceptors (Lipinski definition) is 7. The Balaban J connectivity index is 2.06. The summed E-state index contributed by atoms with van der Waals surface area (Å²) in [6, 6.07) is 2.45. The van der Waals surface area contributed by atoms with Gasteiger partial charge in [-0.2, -0.15) is 0 Å². The van der Waals surface area contributed by atoms with Gasteiger partial charge in [0.1, 0.15) is 18.5 Å². The highest BCUT2D eigenvalue weighted by atomic mass is 16.6. The van der Waals surface area contributed by atoms with Gasteiger partial charge in [0.25, 0.3) is 5.69 Å². The number of cyclic esters (lactones) is 1. The molecule has 0 bridgehead atoms. The molecule has 2 unspecified atom stereocenters. The molecule has 0 spiro atoms. The van der Waals surface area contributed by atoms with E-state index in [0.717, 1.165) is 18.2 Å². The summed E-state index contributed by atoms with van der Waals surface area (Å²) in [4.78, 5) is 32.9. The molecule has 9 nitrogen and oxygen atoms in total. The summed E-state index contributed by atoms with van der Waals surface area (Å²) in [5.74, 6) is -0.955. The summed E-state index contributed by atoms with van der Waals surface area (Å²) in [6.07, 6.45) is -1.42. The number of carbonyl (C=O) groups is 2. The molecule has 0 saturated carbocycles. The molecular formula is C12H12N2O7. The Morgan fingerprint density at radius 3 is 2.86 bits per heavy atom. The monoisotopic (exact) mass is 296 g/mol. The number of esters is 1. The van der Waals surface area contributed by atoms with Crippen LogP contribution in [0.2, 0.25) is 0 Å². The fourth-order valence-electron chi connectivity index (χ4n) is 1.87. The molecule has 21 heavy (non-hydrogen) atoms. The second-order valence-corrected chi connectivity index (χ2v) is 4.41. The molecule has 2 atom stereocenters. The molecule has 1 amide bonds. The molecule has 0 aromatic heterocycles. The van der Waals surface area contributed by atoms with Gasteiger partial charge in [-0.3, -0.25) is 10.1 Å². The van der Waals surface area contributed by atoms with Crippen molar-refractivity contribution in [3.8, 4) is 5.75 Å². The summed E-state index contributed by atoms with van der Waals surface area (Å²) < 4.78 is 9.66. The van der Waals surface area contributed by atoms with Crippen molar-refractivity contribution in [2.75, 3.05) is 0 Å². The van der Waals surface area contributed by atoms with Crippen LogP contribution < -0.4 is 5.32 Å². The minimum atomic E-state index is -0.964. The van der Waals surface area contributed by atoms with E-state index < -0.39 is 35.7 Å². The minimum Gasteiger partial charge on any atom is -0.508 e. The quantitative estimate of drug-likeness (QED) is 0.478. The van der Waals surface area contributed by atoms with Crippen LogP contribution in [0.5, 0.6) is 5.75 Å². The van der Waals surface area contributed by atoms with Crippen LogP contribution in [0.1, 0.15) is 12.5 Å². The van der Waals surface area contributed by atoms with E-state index in [2.05, 4.69) is 5.32 Å². The lowest BCUT2D eigenvalue weighted by Crippen LogP contribution is -2.39. The molecule has 1 heterocycles. The van der Waals surface area contributed by atoms with Crippen molar-refractivity contribution in [1.82, 2.24) is 5.32 Å². The lowest BCUT2D eigenvalue weighted by molar-refractivity contribution is -0.385. The van der Waals surface area contributed by atoms with Crippen molar-refractivity contribution in [3.05, 3.63) is 33.9 Å². The summed E-state index contributed by atoms with van der Waals surface area (Å²) in [5.41, 5.74) is -0.230. The Bertz CT molecular complexity index is 601. The SMILES string of the molecule is CC1OC(=O)NC1C(=O)OCc1cc(O)ccc1[N+](=O)[O-]. The number of benzene rings is 1. The maximum Gasteiger partial charge on any atom is 0.408 e. The molecule has 0 aliphatic carbocycles. The fourth-order valence-corrected chi connectivity index (χ4v) is 1.87. The van der Waals surface area contributed by atoms with Crippen molar-refractivity contribution in [2.24, 2.45) is 0 Å². The van der Waals surface area contributed by atoms with Gasteiger partial charge in [-0.15, -0.1) is 0 Å². The predicted molar refractivity (Wildman–Crippen MR) is 67.4 cm³/mol. The van der Waals surface area contributed by atoms with Crippen molar-refractivity contribution >= 4 is 17.7 Å². The third-order valence-corrected chi connectivity index (χ3v) is 2.92. The van der Waals surface area contributed by atoms with Gasteiger partial charge in [0, 0.05) is 6.07 Å². The van der Waals surface area contributed by atoms with Crippen LogP contribution in [-0.2, 0) is 20.9 Å². The van der Waals surface area contributed by atoms with Gasteiger partial charge in [0.2, 0.25) is 0 Å². The van der Waals surface area contributed by atoms with Crippen LogP contribution in [0.4, 0.5) is 10.5 Å². The number of rotatable bonds is 4.